The highest BCUT2D eigenvalue weighted by Gasteiger charge is 2.27. The average Bonchev–Trinajstić information content (AvgIpc) is 3.04. The fourth-order valence-electron chi connectivity index (χ4n) is 4.29. The molecule has 184 valence electrons. The van der Waals surface area contributed by atoms with Crippen molar-refractivity contribution in [3.05, 3.63) is 106 Å². The van der Waals surface area contributed by atoms with Gasteiger partial charge in [0.2, 0.25) is 0 Å². The lowest BCUT2D eigenvalue weighted by Gasteiger charge is -2.19. The number of nitrogens with zero attached hydrogens (tertiary/aromatic N) is 2. The van der Waals surface area contributed by atoms with Crippen molar-refractivity contribution in [1.29, 1.82) is 5.26 Å². The van der Waals surface area contributed by atoms with Crippen molar-refractivity contribution in [2.75, 3.05) is 5.75 Å². The largest absolute Gasteiger partial charge is 0.489 e. The predicted octanol–water partition coefficient (Wildman–Crippen LogP) is 6.74. The van der Waals surface area contributed by atoms with Crippen molar-refractivity contribution in [3.63, 3.8) is 0 Å². The molecule has 8 heteroatoms. The van der Waals surface area contributed by atoms with Gasteiger partial charge in [0.05, 0.1) is 34.5 Å². The molecular weight excluding hydrogens is 494 g/mol. The fourth-order valence-corrected chi connectivity index (χ4v) is 5.58. The van der Waals surface area contributed by atoms with Crippen LogP contribution in [-0.4, -0.2) is 21.8 Å². The maximum Gasteiger partial charge on any atom is 0.304 e. The zero-order valence-electron chi connectivity index (χ0n) is 19.4. The van der Waals surface area contributed by atoms with E-state index in [0.717, 1.165) is 34.4 Å². The number of hydrogen-bond donors (Lipinski definition) is 1. The van der Waals surface area contributed by atoms with Crippen molar-refractivity contribution in [2.24, 2.45) is 0 Å². The van der Waals surface area contributed by atoms with Gasteiger partial charge in [-0.25, -0.2) is 13.8 Å². The highest BCUT2D eigenvalue weighted by atomic mass is 32.2. The molecule has 1 unspecified atom stereocenters. The number of nitriles is 1. The van der Waals surface area contributed by atoms with Gasteiger partial charge >= 0.3 is 5.97 Å². The summed E-state index contributed by atoms with van der Waals surface area (Å²) >= 11 is 1.50. The van der Waals surface area contributed by atoms with Crippen LogP contribution in [-0.2, 0) is 11.4 Å². The average molecular weight is 515 g/mol. The normalized spacial score (nSPS) is 14.5. The first-order valence-corrected chi connectivity index (χ1v) is 12.5. The Bertz CT molecular complexity index is 1600. The lowest BCUT2D eigenvalue weighted by Crippen LogP contribution is -2.04. The highest BCUT2D eigenvalue weighted by molar-refractivity contribution is 7.99. The number of aromatic nitrogens is 1. The van der Waals surface area contributed by atoms with Crippen LogP contribution in [0.5, 0.6) is 5.75 Å². The van der Waals surface area contributed by atoms with Gasteiger partial charge in [0.25, 0.3) is 0 Å². The standard InChI is InChI=1S/C29H20F2N2O3S/c30-24-13-18-6-8-20(33-26(18)14-25(24)31)7-4-17-5-9-27-22(12-17)29(37-11-10-28(34)35)21-3-1-2-19(15-32)23(21)16-36-27/h1-9,12-14,29H,10-11,16H2,(H,34,35)/b7-4+. The SMILES string of the molecule is N#Cc1cccc2c1COc1ccc(/C=C/c3ccc4cc(F)c(F)cc4n3)cc1C2SCCC(=O)O. The molecule has 2 heterocycles. The Kier molecular flexibility index (Phi) is 6.89. The second kappa shape index (κ2) is 10.4. The van der Waals surface area contributed by atoms with E-state index >= 15 is 0 Å². The maximum absolute atomic E-state index is 13.7. The van der Waals surface area contributed by atoms with Crippen molar-refractivity contribution in [1.82, 2.24) is 4.98 Å². The van der Waals surface area contributed by atoms with Gasteiger partial charge in [-0.15, -0.1) is 11.8 Å². The summed E-state index contributed by atoms with van der Waals surface area (Å²) < 4.78 is 33.2. The molecule has 0 saturated heterocycles. The van der Waals surface area contributed by atoms with Crippen LogP contribution >= 0.6 is 11.8 Å². The Morgan fingerprint density at radius 3 is 2.76 bits per heavy atom. The zero-order valence-corrected chi connectivity index (χ0v) is 20.3. The van der Waals surface area contributed by atoms with Gasteiger partial charge in [-0.1, -0.05) is 30.3 Å². The molecule has 0 spiro atoms. The lowest BCUT2D eigenvalue weighted by molar-refractivity contribution is -0.136. The summed E-state index contributed by atoms with van der Waals surface area (Å²) in [5.74, 6) is -1.66. The minimum Gasteiger partial charge on any atom is -0.489 e. The smallest absolute Gasteiger partial charge is 0.304 e. The Morgan fingerprint density at radius 2 is 1.95 bits per heavy atom. The number of fused-ring (bicyclic) bond motifs is 3. The molecule has 1 atom stereocenters. The fraction of sp³-hybridized carbons (Fsp3) is 0.138. The number of pyridine rings is 1. The van der Waals surface area contributed by atoms with Gasteiger partial charge < -0.3 is 9.84 Å². The predicted molar refractivity (Wildman–Crippen MR) is 139 cm³/mol. The molecule has 0 radical (unpaired) electrons. The number of carboxylic acids is 1. The third kappa shape index (κ3) is 5.18. The number of carboxylic acid groups (broad SMARTS) is 1. The number of hydrogen-bond acceptors (Lipinski definition) is 5. The second-order valence-electron chi connectivity index (χ2n) is 8.49. The van der Waals surface area contributed by atoms with Crippen molar-refractivity contribution >= 4 is 40.8 Å². The van der Waals surface area contributed by atoms with Crippen molar-refractivity contribution in [3.8, 4) is 11.8 Å². The molecule has 5 nitrogen and oxygen atoms in total. The minimum absolute atomic E-state index is 0.0162. The summed E-state index contributed by atoms with van der Waals surface area (Å²) in [5, 5.41) is 19.1. The number of aliphatic carboxylic acids is 1. The molecule has 4 aromatic rings. The minimum atomic E-state index is -0.946. The molecule has 0 aliphatic carbocycles. The van der Waals surface area contributed by atoms with E-state index in [1.54, 1.807) is 24.3 Å². The first kappa shape index (κ1) is 24.5. The number of halogens is 2. The first-order valence-electron chi connectivity index (χ1n) is 11.5. The van der Waals surface area contributed by atoms with E-state index in [9.17, 15) is 18.8 Å². The first-order chi connectivity index (χ1) is 17.9. The molecule has 0 saturated carbocycles. The van der Waals surface area contributed by atoms with E-state index in [1.165, 1.54) is 11.8 Å². The quantitative estimate of drug-likeness (QED) is 0.307. The summed E-state index contributed by atoms with van der Waals surface area (Å²) in [7, 11) is 0. The molecule has 1 aliphatic rings. The molecule has 0 bridgehead atoms. The van der Waals surface area contributed by atoms with Crippen LogP contribution in [0.2, 0.25) is 0 Å². The zero-order chi connectivity index (χ0) is 25.9. The Balaban J connectivity index is 1.50. The van der Waals surface area contributed by atoms with E-state index in [2.05, 4.69) is 11.1 Å². The third-order valence-electron chi connectivity index (χ3n) is 6.10. The Hall–Kier alpha value is -4.22. The third-order valence-corrected chi connectivity index (χ3v) is 7.38. The van der Waals surface area contributed by atoms with E-state index in [-0.39, 0.29) is 18.3 Å². The van der Waals surface area contributed by atoms with Crippen LogP contribution in [0.25, 0.3) is 23.1 Å². The number of benzene rings is 3. The highest BCUT2D eigenvalue weighted by Crippen LogP contribution is 2.45. The summed E-state index contributed by atoms with van der Waals surface area (Å²) in [6.45, 7) is 0.245. The molecule has 5 rings (SSSR count). The van der Waals surface area contributed by atoms with Gasteiger partial charge in [0.15, 0.2) is 11.6 Å². The van der Waals surface area contributed by atoms with E-state index < -0.39 is 17.6 Å². The number of thioether (sulfide) groups is 1. The van der Waals surface area contributed by atoms with Crippen LogP contribution in [0, 0.1) is 23.0 Å². The number of rotatable bonds is 6. The van der Waals surface area contributed by atoms with E-state index in [1.807, 2.05) is 36.4 Å². The molecular formula is C29H20F2N2O3S. The Morgan fingerprint density at radius 1 is 1.11 bits per heavy atom. The summed E-state index contributed by atoms with van der Waals surface area (Å²) in [6.07, 6.45) is 3.67. The van der Waals surface area contributed by atoms with Crippen LogP contribution in [0.1, 0.15) is 45.2 Å². The van der Waals surface area contributed by atoms with E-state index in [4.69, 9.17) is 9.84 Å². The summed E-state index contributed by atoms with van der Waals surface area (Å²) in [5.41, 5.74) is 4.95. The van der Waals surface area contributed by atoms with Gasteiger partial charge in [-0.2, -0.15) is 5.26 Å². The molecule has 1 N–H and O–H groups in total. The van der Waals surface area contributed by atoms with Crippen LogP contribution in [0.4, 0.5) is 8.78 Å². The van der Waals surface area contributed by atoms with Crippen molar-refractivity contribution in [2.45, 2.75) is 18.3 Å². The van der Waals surface area contributed by atoms with Crippen molar-refractivity contribution < 1.29 is 23.4 Å². The molecule has 0 amide bonds. The molecule has 37 heavy (non-hydrogen) atoms. The van der Waals surface area contributed by atoms with Gasteiger partial charge in [0, 0.05) is 28.3 Å². The molecule has 1 aromatic heterocycles. The maximum atomic E-state index is 13.7. The molecule has 0 fully saturated rings. The summed E-state index contributed by atoms with van der Waals surface area (Å²) in [4.78, 5) is 15.6. The second-order valence-corrected chi connectivity index (χ2v) is 9.71. The van der Waals surface area contributed by atoms with Gasteiger partial charge in [-0.05, 0) is 47.5 Å². The lowest BCUT2D eigenvalue weighted by atomic mass is 9.95. The van der Waals surface area contributed by atoms with Gasteiger partial charge in [0.1, 0.15) is 12.4 Å². The van der Waals surface area contributed by atoms with Crippen LogP contribution < -0.4 is 4.74 Å². The number of carbonyl (C=O) groups is 1. The van der Waals surface area contributed by atoms with E-state index in [0.29, 0.717) is 33.7 Å². The Labute approximate surface area is 216 Å². The monoisotopic (exact) mass is 514 g/mol. The topological polar surface area (TPSA) is 83.2 Å². The van der Waals surface area contributed by atoms with Crippen LogP contribution in [0.15, 0.2) is 60.7 Å². The van der Waals surface area contributed by atoms with Gasteiger partial charge in [-0.3, -0.25) is 4.79 Å². The molecule has 1 aliphatic heterocycles. The summed E-state index contributed by atoms with van der Waals surface area (Å²) in [6, 6.07) is 19.1. The molecule has 3 aromatic carbocycles. The van der Waals surface area contributed by atoms with Crippen LogP contribution in [0.3, 0.4) is 0 Å². The number of ether oxygens (including phenoxy) is 1.